The minimum Gasteiger partial charge on any atom is -0.350 e. The summed E-state index contributed by atoms with van der Waals surface area (Å²) >= 11 is 1.22. The molecule has 0 aromatic carbocycles. The van der Waals surface area contributed by atoms with Gasteiger partial charge in [-0.25, -0.2) is 4.98 Å². The largest absolute Gasteiger partial charge is 0.350 e. The Balaban J connectivity index is 1.85. The van der Waals surface area contributed by atoms with Crippen molar-refractivity contribution in [3.8, 4) is 0 Å². The first kappa shape index (κ1) is 12.5. The quantitative estimate of drug-likeness (QED) is 0.833. The number of hydrogen-bond acceptors (Lipinski definition) is 4. The van der Waals surface area contributed by atoms with Gasteiger partial charge in [-0.05, 0) is 19.1 Å². The maximum Gasteiger partial charge on any atom is 0.261 e. The molecule has 0 saturated heterocycles. The summed E-state index contributed by atoms with van der Waals surface area (Å²) in [6.07, 6.45) is 5.23. The smallest absolute Gasteiger partial charge is 0.261 e. The van der Waals surface area contributed by atoms with Crippen LogP contribution in [0.25, 0.3) is 0 Å². The van der Waals surface area contributed by atoms with Crippen molar-refractivity contribution < 1.29 is 9.59 Å². The molecule has 0 atom stereocenters. The number of imidazole rings is 1. The highest BCUT2D eigenvalue weighted by Gasteiger charge is 2.10. The van der Waals surface area contributed by atoms with Crippen molar-refractivity contribution in [2.45, 2.75) is 13.5 Å². The van der Waals surface area contributed by atoms with Crippen molar-refractivity contribution in [3.63, 3.8) is 0 Å². The van der Waals surface area contributed by atoms with E-state index in [0.29, 0.717) is 22.8 Å². The van der Waals surface area contributed by atoms with Crippen LogP contribution in [-0.4, -0.2) is 27.8 Å². The molecule has 0 radical (unpaired) electrons. The van der Waals surface area contributed by atoms with E-state index in [0.717, 1.165) is 0 Å². The Morgan fingerprint density at radius 3 is 2.78 bits per heavy atom. The molecule has 0 saturated carbocycles. The van der Waals surface area contributed by atoms with Gasteiger partial charge in [-0.15, -0.1) is 11.3 Å². The van der Waals surface area contributed by atoms with E-state index in [1.165, 1.54) is 18.3 Å². The number of ketones is 1. The molecular weight excluding hydrogens is 250 g/mol. The van der Waals surface area contributed by atoms with Gasteiger partial charge in [0.15, 0.2) is 5.78 Å². The van der Waals surface area contributed by atoms with Crippen LogP contribution in [0.3, 0.4) is 0 Å². The fourth-order valence-electron chi connectivity index (χ4n) is 1.45. The molecule has 0 spiro atoms. The van der Waals surface area contributed by atoms with Gasteiger partial charge in [0.25, 0.3) is 5.91 Å². The Bertz CT molecular complexity index is 545. The Hall–Kier alpha value is -1.95. The molecule has 1 N–H and O–H groups in total. The van der Waals surface area contributed by atoms with Crippen LogP contribution in [0.5, 0.6) is 0 Å². The lowest BCUT2D eigenvalue weighted by Crippen LogP contribution is -2.26. The van der Waals surface area contributed by atoms with Gasteiger partial charge in [-0.2, -0.15) is 0 Å². The zero-order valence-electron chi connectivity index (χ0n) is 9.92. The van der Waals surface area contributed by atoms with Crippen molar-refractivity contribution in [2.75, 3.05) is 6.54 Å². The van der Waals surface area contributed by atoms with Crippen molar-refractivity contribution in [1.29, 1.82) is 0 Å². The number of carbonyl (C=O) groups excluding carboxylic acids is 2. The fourth-order valence-corrected chi connectivity index (χ4v) is 2.27. The van der Waals surface area contributed by atoms with E-state index >= 15 is 0 Å². The van der Waals surface area contributed by atoms with Gasteiger partial charge < -0.3 is 9.88 Å². The molecule has 0 unspecified atom stereocenters. The number of nitrogens with one attached hydrogen (secondary N) is 1. The van der Waals surface area contributed by atoms with Crippen molar-refractivity contribution in [1.82, 2.24) is 14.9 Å². The van der Waals surface area contributed by atoms with Crippen LogP contribution in [0.15, 0.2) is 30.9 Å². The molecule has 0 aliphatic carbocycles. The SMILES string of the molecule is CC(=O)c1ccc(C(=O)NCCn2ccnc2)s1. The number of rotatable bonds is 5. The average Bonchev–Trinajstić information content (AvgIpc) is 2.99. The lowest BCUT2D eigenvalue weighted by molar-refractivity contribution is 0.0955. The van der Waals surface area contributed by atoms with Crippen molar-refractivity contribution >= 4 is 23.0 Å². The first-order chi connectivity index (χ1) is 8.66. The highest BCUT2D eigenvalue weighted by atomic mass is 32.1. The zero-order chi connectivity index (χ0) is 13.0. The van der Waals surface area contributed by atoms with E-state index in [1.807, 2.05) is 10.8 Å². The molecule has 0 fully saturated rings. The molecule has 2 aromatic rings. The Labute approximate surface area is 108 Å². The molecular formula is C12H13N3O2S. The van der Waals surface area contributed by atoms with Gasteiger partial charge >= 0.3 is 0 Å². The molecule has 2 heterocycles. The maximum absolute atomic E-state index is 11.8. The molecule has 1 amide bonds. The summed E-state index contributed by atoms with van der Waals surface area (Å²) in [5.41, 5.74) is 0. The van der Waals surface area contributed by atoms with E-state index in [-0.39, 0.29) is 11.7 Å². The maximum atomic E-state index is 11.8. The lowest BCUT2D eigenvalue weighted by atomic mass is 10.3. The molecule has 6 heteroatoms. The van der Waals surface area contributed by atoms with Crippen LogP contribution in [-0.2, 0) is 6.54 Å². The molecule has 94 valence electrons. The summed E-state index contributed by atoms with van der Waals surface area (Å²) in [7, 11) is 0. The summed E-state index contributed by atoms with van der Waals surface area (Å²) in [4.78, 5) is 28.0. The van der Waals surface area contributed by atoms with Crippen molar-refractivity contribution in [2.24, 2.45) is 0 Å². The van der Waals surface area contributed by atoms with Gasteiger partial charge in [-0.1, -0.05) is 0 Å². The minimum absolute atomic E-state index is 0.0162. The molecule has 2 aromatic heterocycles. The fraction of sp³-hybridized carbons (Fsp3) is 0.250. The predicted molar refractivity (Wildman–Crippen MR) is 68.9 cm³/mol. The Morgan fingerprint density at radius 1 is 1.39 bits per heavy atom. The number of nitrogens with zero attached hydrogens (tertiary/aromatic N) is 2. The summed E-state index contributed by atoms with van der Waals surface area (Å²) in [6, 6.07) is 3.35. The summed E-state index contributed by atoms with van der Waals surface area (Å²) in [5, 5.41) is 2.80. The van der Waals surface area contributed by atoms with E-state index in [1.54, 1.807) is 24.7 Å². The van der Waals surface area contributed by atoms with Crippen LogP contribution in [0.2, 0.25) is 0 Å². The second-order valence-corrected chi connectivity index (χ2v) is 4.86. The van der Waals surface area contributed by atoms with E-state index in [4.69, 9.17) is 0 Å². The van der Waals surface area contributed by atoms with Crippen LogP contribution in [0.1, 0.15) is 26.3 Å². The normalized spacial score (nSPS) is 10.3. The highest BCUT2D eigenvalue weighted by molar-refractivity contribution is 7.15. The topological polar surface area (TPSA) is 64.0 Å². The molecule has 18 heavy (non-hydrogen) atoms. The zero-order valence-corrected chi connectivity index (χ0v) is 10.7. The third kappa shape index (κ3) is 3.04. The molecule has 2 rings (SSSR count). The number of hydrogen-bond donors (Lipinski definition) is 1. The van der Waals surface area contributed by atoms with Gasteiger partial charge in [-0.3, -0.25) is 9.59 Å². The van der Waals surface area contributed by atoms with Crippen LogP contribution >= 0.6 is 11.3 Å². The van der Waals surface area contributed by atoms with Crippen LogP contribution < -0.4 is 5.32 Å². The number of aromatic nitrogens is 2. The molecule has 0 aliphatic rings. The number of thiophene rings is 1. The average molecular weight is 263 g/mol. The lowest BCUT2D eigenvalue weighted by Gasteiger charge is -2.03. The van der Waals surface area contributed by atoms with Crippen LogP contribution in [0.4, 0.5) is 0 Å². The van der Waals surface area contributed by atoms with Crippen molar-refractivity contribution in [3.05, 3.63) is 40.6 Å². The van der Waals surface area contributed by atoms with Gasteiger partial charge in [0.1, 0.15) is 0 Å². The van der Waals surface area contributed by atoms with Crippen LogP contribution in [0, 0.1) is 0 Å². The van der Waals surface area contributed by atoms with Gasteiger partial charge in [0.05, 0.1) is 16.1 Å². The molecule has 5 nitrogen and oxygen atoms in total. The van der Waals surface area contributed by atoms with E-state index < -0.39 is 0 Å². The Morgan fingerprint density at radius 2 is 2.17 bits per heavy atom. The van der Waals surface area contributed by atoms with Gasteiger partial charge in [0.2, 0.25) is 0 Å². The third-order valence-electron chi connectivity index (χ3n) is 2.39. The summed E-state index contributed by atoms with van der Waals surface area (Å²) in [6.45, 7) is 2.70. The van der Waals surface area contributed by atoms with E-state index in [2.05, 4.69) is 10.3 Å². The van der Waals surface area contributed by atoms with Gasteiger partial charge in [0, 0.05) is 25.5 Å². The summed E-state index contributed by atoms with van der Waals surface area (Å²) in [5.74, 6) is -0.162. The number of Topliss-reactive ketones (excluding diaryl/α,β-unsaturated/α-hetero) is 1. The second kappa shape index (κ2) is 5.59. The first-order valence-electron chi connectivity index (χ1n) is 5.51. The monoisotopic (exact) mass is 263 g/mol. The third-order valence-corrected chi connectivity index (χ3v) is 3.58. The van der Waals surface area contributed by atoms with E-state index in [9.17, 15) is 9.59 Å². The first-order valence-corrected chi connectivity index (χ1v) is 6.33. The minimum atomic E-state index is -0.146. The molecule has 0 aliphatic heterocycles. The number of amides is 1. The predicted octanol–water partition coefficient (Wildman–Crippen LogP) is 1.58. The second-order valence-electron chi connectivity index (χ2n) is 3.78. The molecule has 0 bridgehead atoms. The summed E-state index contributed by atoms with van der Waals surface area (Å²) < 4.78 is 1.88. The Kier molecular flexibility index (Phi) is 3.88. The standard InChI is InChI=1S/C12H13N3O2S/c1-9(16)10-2-3-11(18-10)12(17)14-5-7-15-6-4-13-8-15/h2-4,6,8H,5,7H2,1H3,(H,14,17). The number of carbonyl (C=O) groups is 2. The highest BCUT2D eigenvalue weighted by Crippen LogP contribution is 2.16.